The molecule has 0 radical (unpaired) electrons. The van der Waals surface area contributed by atoms with Gasteiger partial charge in [-0.2, -0.15) is 18.4 Å². The van der Waals surface area contributed by atoms with Gasteiger partial charge in [0, 0.05) is 11.8 Å². The number of hydrogen-bond acceptors (Lipinski definition) is 6. The molecule has 25 heavy (non-hydrogen) atoms. The highest BCUT2D eigenvalue weighted by Crippen LogP contribution is 2.30. The highest BCUT2D eigenvalue weighted by molar-refractivity contribution is 5.94. The highest BCUT2D eigenvalue weighted by Gasteiger charge is 2.34. The Labute approximate surface area is 137 Å². The van der Waals surface area contributed by atoms with Crippen LogP contribution in [0.2, 0.25) is 0 Å². The Morgan fingerprint density at radius 2 is 2.12 bits per heavy atom. The van der Waals surface area contributed by atoms with Crippen LogP contribution < -0.4 is 5.32 Å². The lowest BCUT2D eigenvalue weighted by Crippen LogP contribution is -2.28. The molecule has 0 saturated heterocycles. The summed E-state index contributed by atoms with van der Waals surface area (Å²) in [5, 5.41) is 24.4. The summed E-state index contributed by atoms with van der Waals surface area (Å²) >= 11 is 0. The van der Waals surface area contributed by atoms with Crippen molar-refractivity contribution in [2.24, 2.45) is 5.92 Å². The van der Waals surface area contributed by atoms with Crippen molar-refractivity contribution in [3.05, 3.63) is 41.2 Å². The van der Waals surface area contributed by atoms with Crippen LogP contribution in [0.15, 0.2) is 23.0 Å². The second-order valence-electron chi connectivity index (χ2n) is 4.93. The number of aromatic nitrogens is 2. The number of halogens is 4. The lowest BCUT2D eigenvalue weighted by molar-refractivity contribution is -0.138. The number of aliphatic hydroxyl groups excluding tert-OH is 1. The molecule has 2 aromatic rings. The number of nitriles is 1. The van der Waals surface area contributed by atoms with Gasteiger partial charge >= 0.3 is 6.18 Å². The number of rotatable bonds is 4. The van der Waals surface area contributed by atoms with E-state index in [1.54, 1.807) is 0 Å². The fraction of sp³-hybridized carbons (Fsp3) is 0.286. The molecule has 11 heteroatoms. The second-order valence-corrected chi connectivity index (χ2v) is 4.93. The number of nitrogens with one attached hydrogen (secondary N) is 1. The molecule has 0 aromatic carbocycles. The first-order chi connectivity index (χ1) is 11.6. The Morgan fingerprint density at radius 1 is 1.44 bits per heavy atom. The SMILES string of the molecule is Cc1oncc1C(O)C(C#N)C(=O)Nc1ncc(C(F)(F)F)cc1F. The lowest BCUT2D eigenvalue weighted by atomic mass is 9.97. The van der Waals surface area contributed by atoms with Crippen molar-refractivity contribution < 1.29 is 32.0 Å². The summed E-state index contributed by atoms with van der Waals surface area (Å²) < 4.78 is 55.8. The van der Waals surface area contributed by atoms with Gasteiger partial charge in [-0.25, -0.2) is 9.37 Å². The van der Waals surface area contributed by atoms with E-state index in [0.717, 1.165) is 6.20 Å². The molecule has 2 heterocycles. The van der Waals surface area contributed by atoms with Crippen LogP contribution in [0.1, 0.15) is 23.0 Å². The quantitative estimate of drug-likeness (QED) is 0.812. The zero-order chi connectivity index (χ0) is 18.8. The first-order valence-electron chi connectivity index (χ1n) is 6.67. The van der Waals surface area contributed by atoms with Gasteiger partial charge in [0.2, 0.25) is 5.91 Å². The zero-order valence-electron chi connectivity index (χ0n) is 12.5. The van der Waals surface area contributed by atoms with Crippen LogP contribution in [0, 0.1) is 30.0 Å². The Balaban J connectivity index is 2.20. The Morgan fingerprint density at radius 3 is 2.60 bits per heavy atom. The van der Waals surface area contributed by atoms with Gasteiger partial charge in [0.05, 0.1) is 17.8 Å². The molecule has 2 N–H and O–H groups in total. The van der Waals surface area contributed by atoms with Gasteiger partial charge in [-0.1, -0.05) is 5.16 Å². The van der Waals surface area contributed by atoms with Crippen LogP contribution in [0.3, 0.4) is 0 Å². The maximum atomic E-state index is 13.7. The van der Waals surface area contributed by atoms with E-state index in [9.17, 15) is 27.5 Å². The number of carbonyl (C=O) groups excluding carboxylic acids is 1. The van der Waals surface area contributed by atoms with Crippen LogP contribution in [0.25, 0.3) is 0 Å². The van der Waals surface area contributed by atoms with Gasteiger partial charge in [-0.3, -0.25) is 4.79 Å². The molecule has 7 nitrogen and oxygen atoms in total. The van der Waals surface area contributed by atoms with E-state index in [4.69, 9.17) is 9.78 Å². The average molecular weight is 358 g/mol. The molecule has 1 amide bonds. The second kappa shape index (κ2) is 6.86. The average Bonchev–Trinajstić information content (AvgIpc) is 2.95. The number of hydrogen-bond donors (Lipinski definition) is 2. The predicted octanol–water partition coefficient (Wildman–Crippen LogP) is 2.35. The summed E-state index contributed by atoms with van der Waals surface area (Å²) in [5.74, 6) is -4.91. The predicted molar refractivity (Wildman–Crippen MR) is 73.1 cm³/mol. The van der Waals surface area contributed by atoms with Gasteiger partial charge in [-0.05, 0) is 13.0 Å². The Kier molecular flexibility index (Phi) is 5.03. The van der Waals surface area contributed by atoms with Crippen LogP contribution >= 0.6 is 0 Å². The smallest absolute Gasteiger partial charge is 0.386 e. The maximum absolute atomic E-state index is 13.7. The molecular weight excluding hydrogens is 348 g/mol. The Hall–Kier alpha value is -3.00. The van der Waals surface area contributed by atoms with Crippen molar-refractivity contribution in [2.75, 3.05) is 5.32 Å². The topological polar surface area (TPSA) is 112 Å². The van der Waals surface area contributed by atoms with Crippen molar-refractivity contribution >= 4 is 11.7 Å². The first kappa shape index (κ1) is 18.3. The number of aryl methyl sites for hydroxylation is 1. The third-order valence-corrected chi connectivity index (χ3v) is 3.25. The fourth-order valence-electron chi connectivity index (χ4n) is 1.92. The molecule has 0 bridgehead atoms. The molecule has 0 aliphatic carbocycles. The van der Waals surface area contributed by atoms with Crippen LogP contribution in [-0.2, 0) is 11.0 Å². The van der Waals surface area contributed by atoms with E-state index in [2.05, 4.69) is 10.1 Å². The minimum atomic E-state index is -4.80. The Bertz CT molecular complexity index is 828. The number of aliphatic hydroxyl groups is 1. The van der Waals surface area contributed by atoms with Crippen LogP contribution in [0.4, 0.5) is 23.4 Å². The largest absolute Gasteiger partial charge is 0.417 e. The first-order valence-corrected chi connectivity index (χ1v) is 6.67. The van der Waals surface area contributed by atoms with E-state index in [1.807, 2.05) is 5.32 Å². The number of anilines is 1. The molecule has 2 aromatic heterocycles. The summed E-state index contributed by atoms with van der Waals surface area (Å²) in [6.07, 6.45) is -4.99. The van der Waals surface area contributed by atoms with E-state index in [1.165, 1.54) is 13.0 Å². The molecule has 0 saturated carbocycles. The number of alkyl halides is 3. The number of pyridine rings is 1. The molecule has 2 atom stereocenters. The fourth-order valence-corrected chi connectivity index (χ4v) is 1.92. The van der Waals surface area contributed by atoms with Crippen LogP contribution in [-0.4, -0.2) is 21.2 Å². The normalized spacial score (nSPS) is 13.8. The van der Waals surface area contributed by atoms with E-state index in [-0.39, 0.29) is 17.4 Å². The van der Waals surface area contributed by atoms with Crippen molar-refractivity contribution in [3.8, 4) is 6.07 Å². The molecule has 132 valence electrons. The standard InChI is InChI=1S/C14H10F4N4O3/c1-6-9(5-21-25-6)11(23)8(3-19)13(24)22-12-10(15)2-7(4-20-12)14(16,17)18/h2,4-5,8,11,23H,1H3,(H,20,22,24). The van der Waals surface area contributed by atoms with Crippen molar-refractivity contribution in [1.29, 1.82) is 5.26 Å². The minimum Gasteiger partial charge on any atom is -0.386 e. The molecule has 2 rings (SSSR count). The summed E-state index contributed by atoms with van der Waals surface area (Å²) in [6, 6.07) is 1.69. The number of carbonyl (C=O) groups is 1. The molecular formula is C14H10F4N4O3. The molecule has 0 spiro atoms. The molecule has 0 aliphatic rings. The number of amides is 1. The monoisotopic (exact) mass is 358 g/mol. The lowest BCUT2D eigenvalue weighted by Gasteiger charge is -2.15. The van der Waals surface area contributed by atoms with Crippen LogP contribution in [0.5, 0.6) is 0 Å². The highest BCUT2D eigenvalue weighted by atomic mass is 19.4. The van der Waals surface area contributed by atoms with E-state index >= 15 is 0 Å². The summed E-state index contributed by atoms with van der Waals surface area (Å²) in [6.45, 7) is 1.44. The van der Waals surface area contributed by atoms with E-state index in [0.29, 0.717) is 6.20 Å². The minimum absolute atomic E-state index is 0.0718. The zero-order valence-corrected chi connectivity index (χ0v) is 12.5. The summed E-state index contributed by atoms with van der Waals surface area (Å²) in [5.41, 5.74) is -1.26. The number of nitrogens with zero attached hydrogens (tertiary/aromatic N) is 3. The van der Waals surface area contributed by atoms with Gasteiger partial charge in [0.25, 0.3) is 0 Å². The summed E-state index contributed by atoms with van der Waals surface area (Å²) in [7, 11) is 0. The van der Waals surface area contributed by atoms with Crippen molar-refractivity contribution in [2.45, 2.75) is 19.2 Å². The third kappa shape index (κ3) is 3.92. The summed E-state index contributed by atoms with van der Waals surface area (Å²) in [4.78, 5) is 15.2. The van der Waals surface area contributed by atoms with Gasteiger partial charge in [-0.15, -0.1) is 0 Å². The maximum Gasteiger partial charge on any atom is 0.417 e. The van der Waals surface area contributed by atoms with Gasteiger partial charge < -0.3 is 14.9 Å². The van der Waals surface area contributed by atoms with Crippen molar-refractivity contribution in [3.63, 3.8) is 0 Å². The van der Waals surface area contributed by atoms with Crippen molar-refractivity contribution in [1.82, 2.24) is 10.1 Å². The van der Waals surface area contributed by atoms with Gasteiger partial charge in [0.15, 0.2) is 17.6 Å². The molecule has 0 fully saturated rings. The third-order valence-electron chi connectivity index (χ3n) is 3.25. The molecule has 2 unspecified atom stereocenters. The molecule has 0 aliphatic heterocycles. The van der Waals surface area contributed by atoms with E-state index < -0.39 is 41.3 Å². The van der Waals surface area contributed by atoms with Gasteiger partial charge in [0.1, 0.15) is 11.9 Å².